The molecule has 0 saturated heterocycles. The molecule has 0 unspecified atom stereocenters. The topological polar surface area (TPSA) is 0 Å². The first-order valence-corrected chi connectivity index (χ1v) is 4.30. The van der Waals surface area contributed by atoms with Crippen molar-refractivity contribution in [2.45, 2.75) is 0 Å². The number of fused-ring (bicyclic) bond motifs is 3. The molecule has 3 rings (SSSR count). The van der Waals surface area contributed by atoms with E-state index in [0.717, 1.165) is 0 Å². The Hall–Kier alpha value is -0.482. The Morgan fingerprint density at radius 2 is 1.25 bits per heavy atom. The van der Waals surface area contributed by atoms with Crippen LogP contribution >= 0.6 is 0 Å². The molecule has 0 N–H and O–H groups in total. The quantitative estimate of drug-likeness (QED) is 0.344. The Balaban J connectivity index is 0.000000750. The van der Waals surface area contributed by atoms with Gasteiger partial charge < -0.3 is 0 Å². The normalized spacial score (nSPS) is 9.00. The summed E-state index contributed by atoms with van der Waals surface area (Å²) in [5, 5.41) is 5.14. The predicted molar refractivity (Wildman–Crippen MR) is 54.7 cm³/mol. The minimum absolute atomic E-state index is 0. The van der Waals surface area contributed by atoms with Crippen molar-refractivity contribution < 1.29 is 65.4 Å². The second-order valence-corrected chi connectivity index (χ2v) is 3.17. The average molecular weight is 608 g/mol. The van der Waals surface area contributed by atoms with Crippen LogP contribution in [0.5, 0.6) is 0 Å². The third-order valence-corrected chi connectivity index (χ3v) is 2.39. The maximum absolute atomic E-state index is 3.09. The minimum Gasteiger partial charge on any atom is -0.247 e. The molecule has 70 valence electrons. The molecule has 0 bridgehead atoms. The molecular weight excluding hydrogens is 601 g/mol. The second-order valence-electron chi connectivity index (χ2n) is 3.17. The van der Waals surface area contributed by atoms with Crippen molar-refractivity contribution in [1.29, 1.82) is 0 Å². The third kappa shape index (κ3) is 2.43. The smallest absolute Gasteiger partial charge is 0 e. The van der Waals surface area contributed by atoms with E-state index in [1.807, 2.05) is 24.3 Å². The number of hydrogen-bond donors (Lipinski definition) is 0. The molecule has 0 aromatic heterocycles. The Morgan fingerprint density at radius 3 is 1.69 bits per heavy atom. The zero-order chi connectivity index (χ0) is 8.67. The van der Waals surface area contributed by atoms with Crippen LogP contribution in [0.3, 0.4) is 0 Å². The van der Waals surface area contributed by atoms with Gasteiger partial charge in [-0.2, -0.15) is 12.1 Å². The maximum atomic E-state index is 3.09. The number of benzene rings is 2. The summed E-state index contributed by atoms with van der Waals surface area (Å²) in [6.07, 6.45) is 0. The van der Waals surface area contributed by atoms with E-state index in [2.05, 4.69) is 30.3 Å². The fourth-order valence-corrected chi connectivity index (χ4v) is 1.78. The summed E-state index contributed by atoms with van der Waals surface area (Å²) >= 11 is 0. The SMILES string of the molecule is [Rf].[Y].[Y].[c-]1ccc2c(c1)[cH-]c1c[c-]ccc12. The van der Waals surface area contributed by atoms with Gasteiger partial charge in [-0.25, -0.2) is 64.0 Å². The Labute approximate surface area is 140 Å². The van der Waals surface area contributed by atoms with Crippen molar-refractivity contribution in [1.82, 2.24) is 0 Å². The minimum atomic E-state index is 0. The van der Waals surface area contributed by atoms with Crippen molar-refractivity contribution >= 4 is 21.5 Å². The summed E-state index contributed by atoms with van der Waals surface area (Å²) in [6, 6.07) is 20.5. The van der Waals surface area contributed by atoms with Gasteiger partial charge >= 0.3 is 0 Å². The molecule has 0 saturated carbocycles. The molecule has 3 heteroatoms. The number of hydrogen-bond acceptors (Lipinski definition) is 0. The van der Waals surface area contributed by atoms with Crippen LogP contribution < -0.4 is 0 Å². The van der Waals surface area contributed by atoms with E-state index in [-0.39, 0.29) is 65.4 Å². The summed E-state index contributed by atoms with van der Waals surface area (Å²) in [5.74, 6) is 0. The van der Waals surface area contributed by atoms with Gasteiger partial charge in [0.25, 0.3) is 0 Å². The molecule has 0 spiro atoms. The van der Waals surface area contributed by atoms with E-state index < -0.39 is 0 Å². The van der Waals surface area contributed by atoms with E-state index in [1.165, 1.54) is 21.5 Å². The molecule has 0 heterocycles. The maximum Gasteiger partial charge on any atom is 0 e. The van der Waals surface area contributed by atoms with Gasteiger partial charge in [0.05, 0.1) is 0 Å². The molecule has 0 aliphatic carbocycles. The first kappa shape index (κ1) is 15.5. The zero-order valence-corrected chi connectivity index (χ0v) is 21.0. The molecule has 0 aliphatic heterocycles. The van der Waals surface area contributed by atoms with Crippen LogP contribution in [0.1, 0.15) is 0 Å². The summed E-state index contributed by atoms with van der Waals surface area (Å²) in [4.78, 5) is 0. The van der Waals surface area contributed by atoms with Crippen LogP contribution in [0.25, 0.3) is 21.5 Å². The van der Waals surface area contributed by atoms with E-state index in [4.69, 9.17) is 0 Å². The predicted octanol–water partition coefficient (Wildman–Crippen LogP) is 3.31. The van der Waals surface area contributed by atoms with Crippen LogP contribution in [0, 0.1) is 12.1 Å². The molecule has 0 amide bonds. The van der Waals surface area contributed by atoms with E-state index in [9.17, 15) is 0 Å². The van der Waals surface area contributed by atoms with Crippen molar-refractivity contribution in [3.8, 4) is 0 Å². The third-order valence-electron chi connectivity index (χ3n) is 2.39. The molecule has 3 aromatic rings. The molecular formula is C13H7RfY2-3. The van der Waals surface area contributed by atoms with Crippen molar-refractivity contribution in [2.75, 3.05) is 0 Å². The fraction of sp³-hybridized carbons (Fsp3) is 0. The molecule has 3 aromatic carbocycles. The fourth-order valence-electron chi connectivity index (χ4n) is 1.78. The molecule has 0 aliphatic rings. The molecule has 16 heavy (non-hydrogen) atoms. The molecule has 0 fully saturated rings. The largest absolute Gasteiger partial charge is 0.247 e. The van der Waals surface area contributed by atoms with Gasteiger partial charge in [0.1, 0.15) is 0 Å². The van der Waals surface area contributed by atoms with E-state index >= 15 is 0 Å². The van der Waals surface area contributed by atoms with Gasteiger partial charge in [-0.05, 0) is 0 Å². The second kappa shape index (κ2) is 6.30. The molecule has 0 nitrogen and oxygen atoms in total. The summed E-state index contributed by atoms with van der Waals surface area (Å²) < 4.78 is 0. The van der Waals surface area contributed by atoms with E-state index in [0.29, 0.717) is 0 Å². The number of rotatable bonds is 0. The van der Waals surface area contributed by atoms with Crippen LogP contribution in [0.4, 0.5) is 0 Å². The summed E-state index contributed by atoms with van der Waals surface area (Å²) in [6.45, 7) is 0. The van der Waals surface area contributed by atoms with Crippen LogP contribution in [-0.4, -0.2) is 0 Å². The van der Waals surface area contributed by atoms with Gasteiger partial charge in [0.2, 0.25) is 0 Å². The Morgan fingerprint density at radius 1 is 0.812 bits per heavy atom. The zero-order valence-electron chi connectivity index (χ0n) is 8.90. The van der Waals surface area contributed by atoms with Gasteiger partial charge in [0.15, 0.2) is 0 Å². The summed E-state index contributed by atoms with van der Waals surface area (Å²) in [7, 11) is 0. The summed E-state index contributed by atoms with van der Waals surface area (Å²) in [5.41, 5.74) is 0. The monoisotopic (exact) mass is 608 g/mol. The van der Waals surface area contributed by atoms with Crippen molar-refractivity contribution in [3.05, 3.63) is 54.6 Å². The average Bonchev–Trinajstić information content (AvgIpc) is 2.56. The van der Waals surface area contributed by atoms with Crippen LogP contribution in [-0.2, 0) is 65.4 Å². The first-order chi connectivity index (χ1) is 6.45. The standard InChI is InChI=1S/C13H7.Rf.2Y/c1-3-7-12-10(5-1)9-11-6-2-4-8-13(11)12;;;/h3-9H;;;/q-3;;;. The van der Waals surface area contributed by atoms with E-state index in [1.54, 1.807) is 0 Å². The van der Waals surface area contributed by atoms with Crippen molar-refractivity contribution in [3.63, 3.8) is 0 Å². The van der Waals surface area contributed by atoms with Gasteiger partial charge in [0, 0.05) is 65.4 Å². The molecule has 0 atom stereocenters. The van der Waals surface area contributed by atoms with Gasteiger partial charge in [-0.3, -0.25) is 0 Å². The van der Waals surface area contributed by atoms with Gasteiger partial charge in [-0.15, -0.1) is 0 Å². The van der Waals surface area contributed by atoms with Crippen LogP contribution in [0.2, 0.25) is 0 Å². The van der Waals surface area contributed by atoms with Crippen molar-refractivity contribution in [2.24, 2.45) is 0 Å². The van der Waals surface area contributed by atoms with Crippen LogP contribution in [0.15, 0.2) is 42.5 Å². The Kier molecular flexibility index (Phi) is 6.11. The first-order valence-electron chi connectivity index (χ1n) is 4.30. The Bertz CT molecular complexity index is 522. The molecule has 2 radical (unpaired) electrons. The van der Waals surface area contributed by atoms with Gasteiger partial charge in [-0.1, -0.05) is 0 Å².